The molecule has 3 N–H and O–H groups in total. The number of hydrogen-bond acceptors (Lipinski definition) is 16. The molecule has 354 valence electrons. The van der Waals surface area contributed by atoms with Gasteiger partial charge in [0.1, 0.15) is 40.5 Å². The molecule has 7 aromatic rings. The van der Waals surface area contributed by atoms with Crippen molar-refractivity contribution in [2.45, 2.75) is 19.6 Å². The fourth-order valence-electron chi connectivity index (χ4n) is 7.88. The third kappa shape index (κ3) is 9.89. The minimum absolute atomic E-state index is 0. The van der Waals surface area contributed by atoms with Gasteiger partial charge in [-0.3, -0.25) is 0 Å². The molecule has 23 heteroatoms. The molecular weight excluding hydrogens is 1060 g/mol. The van der Waals surface area contributed by atoms with Gasteiger partial charge in [0.05, 0.1) is 48.0 Å². The van der Waals surface area contributed by atoms with E-state index in [2.05, 4.69) is 5.32 Å². The monoisotopic (exact) mass is 1090 g/mol. The second-order valence-corrected chi connectivity index (χ2v) is 20.7. The van der Waals surface area contributed by atoms with E-state index in [0.717, 1.165) is 42.5 Å². The Kier molecular flexibility index (Phi) is 13.1. The number of aromatic nitrogens is 4. The van der Waals surface area contributed by atoms with Crippen LogP contribution in [0, 0.1) is 0 Å². The molecule has 0 saturated carbocycles. The van der Waals surface area contributed by atoms with Crippen molar-refractivity contribution in [2.24, 2.45) is 5.73 Å². The summed E-state index contributed by atoms with van der Waals surface area (Å²) in [6.07, 6.45) is 6.63. The molecule has 4 aromatic carbocycles. The summed E-state index contributed by atoms with van der Waals surface area (Å²) in [5.41, 5.74) is 11.0. The van der Waals surface area contributed by atoms with E-state index in [1.165, 1.54) is 48.5 Å². The van der Waals surface area contributed by atoms with Crippen molar-refractivity contribution in [3.63, 3.8) is 0 Å². The average Bonchev–Trinajstić information content (AvgIpc) is 4.13. The molecule has 0 atom stereocenters. The normalized spacial score (nSPS) is 12.8. The van der Waals surface area contributed by atoms with Crippen molar-refractivity contribution in [3.8, 4) is 44.5 Å². The molecule has 0 radical (unpaired) electrons. The van der Waals surface area contributed by atoms with E-state index in [1.54, 1.807) is 48.6 Å². The molecule has 2 aliphatic rings. The minimum Gasteiger partial charge on any atom is -0.744 e. The Bertz CT molecular complexity index is 3860. The molecule has 3 aromatic heterocycles. The number of nitrogens with zero attached hydrogens (tertiary/aromatic N) is 4. The van der Waals surface area contributed by atoms with Crippen LogP contribution in [0.2, 0.25) is 0 Å². The van der Waals surface area contributed by atoms with Crippen LogP contribution in [-0.4, -0.2) is 74.9 Å². The topological polar surface area (TPSA) is 321 Å². The van der Waals surface area contributed by atoms with Crippen LogP contribution in [0.25, 0.3) is 90.9 Å². The molecular formula is C46H30N6O12PdS4-4. The van der Waals surface area contributed by atoms with E-state index < -0.39 is 60.1 Å². The van der Waals surface area contributed by atoms with Gasteiger partial charge in [0.25, 0.3) is 0 Å². The molecule has 5 heterocycles. The van der Waals surface area contributed by atoms with Gasteiger partial charge in [0.2, 0.25) is 0 Å². The van der Waals surface area contributed by atoms with Gasteiger partial charge in [-0.05, 0) is 117 Å². The summed E-state index contributed by atoms with van der Waals surface area (Å²) in [6.45, 7) is 0.192. The van der Waals surface area contributed by atoms with Crippen molar-refractivity contribution in [1.82, 2.24) is 19.9 Å². The van der Waals surface area contributed by atoms with Crippen molar-refractivity contribution >= 4 is 92.5 Å². The van der Waals surface area contributed by atoms with Crippen molar-refractivity contribution in [2.75, 3.05) is 18.4 Å². The van der Waals surface area contributed by atoms with E-state index >= 15 is 0 Å². The van der Waals surface area contributed by atoms with Gasteiger partial charge in [-0.2, -0.15) is 0 Å². The molecule has 0 saturated heterocycles. The number of nitrogens with two attached hydrogens (primary N) is 1. The predicted octanol–water partition coefficient (Wildman–Crippen LogP) is 5.57. The number of benzene rings is 4. The van der Waals surface area contributed by atoms with Gasteiger partial charge < -0.3 is 39.2 Å². The second kappa shape index (κ2) is 18.5. The third-order valence-corrected chi connectivity index (χ3v) is 14.3. The molecule has 0 spiro atoms. The van der Waals surface area contributed by atoms with Gasteiger partial charge in [-0.15, -0.1) is 22.1 Å². The summed E-state index contributed by atoms with van der Waals surface area (Å²) in [5, 5.41) is 2.90. The van der Waals surface area contributed by atoms with E-state index in [-0.39, 0.29) is 50.4 Å². The average molecular weight is 1090 g/mol. The summed E-state index contributed by atoms with van der Waals surface area (Å²) in [7, 11) is -19.5. The summed E-state index contributed by atoms with van der Waals surface area (Å²) in [6, 6.07) is 26.0. The maximum absolute atomic E-state index is 12.4. The molecule has 0 aliphatic carbocycles. The number of fused-ring (bicyclic) bond motifs is 8. The summed E-state index contributed by atoms with van der Waals surface area (Å²) in [5.74, 6) is 0. The Labute approximate surface area is 408 Å². The Morgan fingerprint density at radius 1 is 0.435 bits per heavy atom. The van der Waals surface area contributed by atoms with Crippen LogP contribution in [0.3, 0.4) is 0 Å². The van der Waals surface area contributed by atoms with Crippen LogP contribution in [0.15, 0.2) is 135 Å². The fourth-order valence-corrected chi connectivity index (χ4v) is 9.93. The number of nitrogens with one attached hydrogen (secondary N) is 1. The quantitative estimate of drug-likeness (QED) is 0.118. The molecule has 2 aliphatic heterocycles. The Hall–Kier alpha value is -6.46. The van der Waals surface area contributed by atoms with Crippen LogP contribution >= 0.6 is 0 Å². The van der Waals surface area contributed by atoms with Gasteiger partial charge in [-0.25, -0.2) is 43.6 Å². The van der Waals surface area contributed by atoms with Crippen LogP contribution in [0.5, 0.6) is 0 Å². The van der Waals surface area contributed by atoms with Gasteiger partial charge in [0.15, 0.2) is 0 Å². The maximum Gasteiger partial charge on any atom is 2.00 e. The summed E-state index contributed by atoms with van der Waals surface area (Å²) >= 11 is 0. The third-order valence-electron chi connectivity index (χ3n) is 10.9. The van der Waals surface area contributed by atoms with Crippen LogP contribution < -0.4 is 21.0 Å². The fraction of sp³-hybridized carbons (Fsp3) is 0.0435. The van der Waals surface area contributed by atoms with E-state index in [0.29, 0.717) is 78.1 Å². The van der Waals surface area contributed by atoms with Crippen molar-refractivity contribution < 1.29 is 72.3 Å². The van der Waals surface area contributed by atoms with E-state index in [1.807, 2.05) is 0 Å². The Morgan fingerprint density at radius 2 is 0.739 bits per heavy atom. The molecule has 9 rings (SSSR count). The molecule has 8 bridgehead atoms. The Morgan fingerprint density at radius 3 is 1.03 bits per heavy atom. The SMILES string of the molecule is NCCNc1cc(-c2c3nc(c(-c4ccc(S(=O)(=O)[O-])cc4)c4ccc([n-]4)c(-c4ccc(S(=O)(=O)[O-])cc4)c4nc(c(-c5ccc(S(=O)(=O)[O-])cc5)c5ccc2[n-]5)C=C4)C=C3)ccc1S(=O)(=O)[O-].[Pd+2]. The van der Waals surface area contributed by atoms with Crippen LogP contribution in [0.1, 0.15) is 22.8 Å². The first-order valence-corrected chi connectivity index (χ1v) is 25.6. The summed E-state index contributed by atoms with van der Waals surface area (Å²) in [4.78, 5) is 18.1. The van der Waals surface area contributed by atoms with Crippen molar-refractivity contribution in [1.29, 1.82) is 0 Å². The number of rotatable bonds is 11. The maximum atomic E-state index is 12.4. The van der Waals surface area contributed by atoms with Crippen LogP contribution in [0.4, 0.5) is 5.69 Å². The minimum atomic E-state index is -4.98. The Balaban J connectivity index is 0.00000642. The number of anilines is 1. The first-order chi connectivity index (χ1) is 32.2. The smallest absolute Gasteiger partial charge is 0.744 e. The molecule has 0 unspecified atom stereocenters. The van der Waals surface area contributed by atoms with Crippen molar-refractivity contribution in [3.05, 3.63) is 138 Å². The standard InChI is InChI=1S/C46H34N6O12S4.Pd/c47-23-24-48-41-25-29(7-22-42(41)68(62,63)64)46-39-20-18-37(51-39)44(27-3-10-31(11-4-27)66(56,57)58)35-16-14-33(49-35)43(26-1-8-30(9-2-26)65(53,54)55)34-15-17-36(50-34)45(38-19-21-40(46)52-38)28-5-12-32(13-6-28)67(59,60)61;/h1-22,25,48H,23-24,47H2,(H,53,54,55)(H,56,57,58)(H,59,60,61)(H,62,63,64);/q-2;+2/p-4. The first-order valence-electron chi connectivity index (χ1n) is 20.0. The van der Waals surface area contributed by atoms with Gasteiger partial charge in [-0.1, -0.05) is 66.7 Å². The predicted molar refractivity (Wildman–Crippen MR) is 248 cm³/mol. The van der Waals surface area contributed by atoms with E-state index in [9.17, 15) is 51.9 Å². The molecule has 69 heavy (non-hydrogen) atoms. The number of hydrogen-bond donors (Lipinski definition) is 2. The van der Waals surface area contributed by atoms with Crippen LogP contribution in [-0.2, 0) is 60.9 Å². The largest absolute Gasteiger partial charge is 2.00 e. The zero-order valence-electron chi connectivity index (χ0n) is 34.9. The van der Waals surface area contributed by atoms with Gasteiger partial charge >= 0.3 is 20.4 Å². The zero-order valence-corrected chi connectivity index (χ0v) is 39.7. The summed E-state index contributed by atoms with van der Waals surface area (Å²) < 4.78 is 145. The second-order valence-electron chi connectivity index (χ2n) is 15.2. The first kappa shape index (κ1) is 49.0. The zero-order chi connectivity index (χ0) is 48.3. The van der Waals surface area contributed by atoms with E-state index in [4.69, 9.17) is 25.7 Å². The van der Waals surface area contributed by atoms with Gasteiger partial charge in [0, 0.05) is 13.1 Å². The molecule has 0 amide bonds. The molecule has 18 nitrogen and oxygen atoms in total. The molecule has 0 fully saturated rings.